The Morgan fingerprint density at radius 3 is 2.27 bits per heavy atom. The number of aryl methyl sites for hydroxylation is 3. The van der Waals surface area contributed by atoms with E-state index >= 15 is 0 Å². The maximum atomic E-state index is 9.57. The molecule has 1 spiro atoms. The molecular formula is C52H48IrN2O-2. The molecule has 10 rings (SSSR count). The van der Waals surface area contributed by atoms with Crippen molar-refractivity contribution in [3.05, 3.63) is 156 Å². The van der Waals surface area contributed by atoms with Crippen LogP contribution in [0.15, 0.2) is 126 Å². The molecule has 283 valence electrons. The van der Waals surface area contributed by atoms with Crippen LogP contribution in [0.25, 0.3) is 66.4 Å². The van der Waals surface area contributed by atoms with Crippen LogP contribution in [0.3, 0.4) is 0 Å². The Balaban J connectivity index is 0.000000192. The molecule has 0 N–H and O–H groups in total. The fourth-order valence-electron chi connectivity index (χ4n) is 8.75. The molecule has 0 unspecified atom stereocenters. The largest absolute Gasteiger partial charge is 0.500 e. The zero-order valence-electron chi connectivity index (χ0n) is 41.0. The molecular weight excluding hydrogens is 861 g/mol. The van der Waals surface area contributed by atoms with Crippen molar-refractivity contribution in [2.45, 2.75) is 84.2 Å². The van der Waals surface area contributed by atoms with Crippen LogP contribution < -0.4 is 0 Å². The minimum atomic E-state index is -2.33. The number of pyridine rings is 2. The van der Waals surface area contributed by atoms with Crippen LogP contribution in [-0.2, 0) is 20.1 Å². The minimum Gasteiger partial charge on any atom is -0.500 e. The first-order chi connectivity index (χ1) is 30.9. The molecule has 3 heterocycles. The molecule has 4 heteroatoms. The molecule has 1 radical (unpaired) electrons. The molecule has 3 aromatic heterocycles. The van der Waals surface area contributed by atoms with E-state index in [0.717, 1.165) is 45.5 Å². The Kier molecular flexibility index (Phi) is 8.05. The van der Waals surface area contributed by atoms with Gasteiger partial charge in [-0.15, -0.1) is 47.5 Å². The van der Waals surface area contributed by atoms with Crippen LogP contribution in [0, 0.1) is 38.1 Å². The second-order valence-corrected chi connectivity index (χ2v) is 15.1. The first-order valence-electron chi connectivity index (χ1n) is 24.3. The zero-order chi connectivity index (χ0) is 45.8. The van der Waals surface area contributed by atoms with E-state index in [4.69, 9.17) is 16.8 Å². The van der Waals surface area contributed by atoms with Crippen LogP contribution >= 0.6 is 0 Å². The van der Waals surface area contributed by atoms with Gasteiger partial charge >= 0.3 is 0 Å². The Morgan fingerprint density at radius 1 is 0.696 bits per heavy atom. The summed E-state index contributed by atoms with van der Waals surface area (Å²) in [6, 6.07) is 40.0. The molecule has 3 nitrogen and oxygen atoms in total. The standard InChI is InChI=1S/C33H32NO.C19H16N.Ir/c1-22-21-34-30(20-29(22)24-14-18-33(19-15-24)16-5-2-6-17-33)28-11-7-10-26-27-13-12-23-8-3-4-9-25(23)31(27)35-32(26)28;1-14-8-11-19(20-13-14)17-10-9-15(2)18(12-17)16-6-4-3-5-7-16;/h3-4,7-10,12-13,20-21,24H,2,5-6,14-19H2,1H3;3-9,11-13H,1-2H3;/q2*-1;/i1D3,24D;1D3,2D3;. The SMILES string of the molecule is [2H]C([2H])([2H])c1ccc(-c2[c-]cc(C([2H])([2H])[2H])c(-c3ccccc3)c2)nc1.[2H]C([2H])([2H])c1cnc(-c2[c-]ccc3c2oc2c4ccccc4ccc32)cc1C1([2H])CCC2(CCCCC2)CC1.[Ir]. The molecule has 0 amide bonds. The molecule has 5 aromatic carbocycles. The van der Waals surface area contributed by atoms with Gasteiger partial charge in [0.15, 0.2) is 0 Å². The van der Waals surface area contributed by atoms with Crippen molar-refractivity contribution in [1.29, 1.82) is 0 Å². The first kappa shape index (κ1) is 27.7. The summed E-state index contributed by atoms with van der Waals surface area (Å²) in [5, 5.41) is 4.17. The van der Waals surface area contributed by atoms with Crippen LogP contribution in [0.1, 0.15) is 99.6 Å². The third kappa shape index (κ3) is 7.50. The molecule has 56 heavy (non-hydrogen) atoms. The monoisotopic (exact) mass is 919 g/mol. The van der Waals surface area contributed by atoms with Crippen molar-refractivity contribution in [2.24, 2.45) is 5.41 Å². The summed E-state index contributed by atoms with van der Waals surface area (Å²) >= 11 is 0. The van der Waals surface area contributed by atoms with Crippen LogP contribution in [-0.4, -0.2) is 9.97 Å². The first-order valence-corrected chi connectivity index (χ1v) is 19.3. The number of aromatic nitrogens is 2. The number of benzene rings is 5. The van der Waals surface area contributed by atoms with E-state index in [1.54, 1.807) is 12.1 Å². The minimum absolute atomic E-state index is 0. The molecule has 2 aliphatic rings. The fraction of sp³-hybridized carbons (Fsp3) is 0.269. The normalized spacial score (nSPS) is 19.3. The summed E-state index contributed by atoms with van der Waals surface area (Å²) in [4.78, 5) is 8.84. The number of hydrogen-bond donors (Lipinski definition) is 0. The predicted molar refractivity (Wildman–Crippen MR) is 228 cm³/mol. The number of fused-ring (bicyclic) bond motifs is 5. The summed E-state index contributed by atoms with van der Waals surface area (Å²) in [6.45, 7) is -6.81. The van der Waals surface area contributed by atoms with Gasteiger partial charge in [-0.2, -0.15) is 0 Å². The summed E-state index contributed by atoms with van der Waals surface area (Å²) in [5.74, 6) is -0.942. The smallest absolute Gasteiger partial charge is 0.128 e. The van der Waals surface area contributed by atoms with E-state index < -0.39 is 26.4 Å². The predicted octanol–water partition coefficient (Wildman–Crippen LogP) is 14.3. The van der Waals surface area contributed by atoms with Gasteiger partial charge in [0.1, 0.15) is 5.58 Å². The van der Waals surface area contributed by atoms with Crippen LogP contribution in [0.4, 0.5) is 0 Å². The second kappa shape index (κ2) is 16.3. The molecule has 2 fully saturated rings. The molecule has 0 bridgehead atoms. The number of furan rings is 1. The molecule has 2 saturated carbocycles. The molecule has 8 aromatic rings. The molecule has 0 aliphatic heterocycles. The topological polar surface area (TPSA) is 38.9 Å². The van der Waals surface area contributed by atoms with Gasteiger partial charge in [0, 0.05) is 57.0 Å². The third-order valence-electron chi connectivity index (χ3n) is 11.8. The van der Waals surface area contributed by atoms with Gasteiger partial charge in [-0.1, -0.05) is 128 Å². The van der Waals surface area contributed by atoms with Crippen LogP contribution in [0.5, 0.6) is 0 Å². The Hall–Kier alpha value is -4.89. The van der Waals surface area contributed by atoms with Crippen molar-refractivity contribution in [2.75, 3.05) is 0 Å². The zero-order valence-corrected chi connectivity index (χ0v) is 33.4. The number of hydrogen-bond acceptors (Lipinski definition) is 3. The summed E-state index contributed by atoms with van der Waals surface area (Å²) in [5.41, 5.74) is 6.83. The van der Waals surface area contributed by atoms with Gasteiger partial charge < -0.3 is 14.4 Å². The van der Waals surface area contributed by atoms with Crippen LogP contribution in [0.2, 0.25) is 0 Å². The maximum Gasteiger partial charge on any atom is 0.128 e. The summed E-state index contributed by atoms with van der Waals surface area (Å²) < 4.78 is 86.4. The van der Waals surface area contributed by atoms with E-state index in [1.165, 1.54) is 56.6 Å². The number of rotatable bonds is 4. The number of nitrogens with zero attached hydrogens (tertiary/aromatic N) is 2. The molecule has 0 atom stereocenters. The Bertz CT molecular complexity index is 3000. The van der Waals surface area contributed by atoms with E-state index in [0.29, 0.717) is 57.5 Å². The van der Waals surface area contributed by atoms with E-state index in [1.807, 2.05) is 60.7 Å². The van der Waals surface area contributed by atoms with Crippen molar-refractivity contribution < 1.29 is 38.2 Å². The average Bonchev–Trinajstić information content (AvgIpc) is 3.69. The van der Waals surface area contributed by atoms with Gasteiger partial charge in [0.2, 0.25) is 0 Å². The Labute approximate surface area is 359 Å². The van der Waals surface area contributed by atoms with Crippen molar-refractivity contribution >= 4 is 32.7 Å². The van der Waals surface area contributed by atoms with Gasteiger partial charge in [-0.3, -0.25) is 0 Å². The second-order valence-electron chi connectivity index (χ2n) is 15.1. The summed E-state index contributed by atoms with van der Waals surface area (Å²) in [7, 11) is 0. The third-order valence-corrected chi connectivity index (χ3v) is 11.8. The maximum absolute atomic E-state index is 9.57. The van der Waals surface area contributed by atoms with Gasteiger partial charge in [0.05, 0.1) is 5.58 Å². The Morgan fingerprint density at radius 2 is 1.48 bits per heavy atom. The molecule has 2 aliphatic carbocycles. The van der Waals surface area contributed by atoms with Crippen molar-refractivity contribution in [3.8, 4) is 33.6 Å². The quantitative estimate of drug-likeness (QED) is 0.165. The van der Waals surface area contributed by atoms with Gasteiger partial charge in [0.25, 0.3) is 0 Å². The summed E-state index contributed by atoms with van der Waals surface area (Å²) in [6.07, 6.45) is 12.5. The average molecular weight is 919 g/mol. The van der Waals surface area contributed by atoms with Gasteiger partial charge in [-0.25, -0.2) is 0 Å². The van der Waals surface area contributed by atoms with E-state index in [9.17, 15) is 1.37 Å². The fourth-order valence-corrected chi connectivity index (χ4v) is 8.75. The van der Waals surface area contributed by atoms with E-state index in [-0.39, 0.29) is 36.8 Å². The van der Waals surface area contributed by atoms with Crippen molar-refractivity contribution in [1.82, 2.24) is 9.97 Å². The van der Waals surface area contributed by atoms with E-state index in [2.05, 4.69) is 46.4 Å². The van der Waals surface area contributed by atoms with Crippen molar-refractivity contribution in [3.63, 3.8) is 0 Å². The molecule has 0 saturated heterocycles. The van der Waals surface area contributed by atoms with Gasteiger partial charge in [-0.05, 0) is 103 Å².